The monoisotopic (exact) mass is 408 g/mol. The molecular weight excluding hydrogens is 380 g/mol. The van der Waals surface area contributed by atoms with Crippen molar-refractivity contribution in [2.45, 2.75) is 6.92 Å². The van der Waals surface area contributed by atoms with Gasteiger partial charge in [-0.2, -0.15) is 5.26 Å². The summed E-state index contributed by atoms with van der Waals surface area (Å²) >= 11 is 0. The van der Waals surface area contributed by atoms with Gasteiger partial charge in [0.1, 0.15) is 6.07 Å². The number of nitrogens with zero attached hydrogens (tertiary/aromatic N) is 2. The molecule has 0 atom stereocenters. The first-order valence-corrected chi connectivity index (χ1v) is 10.7. The van der Waals surface area contributed by atoms with Crippen LogP contribution < -0.4 is 10.0 Å². The van der Waals surface area contributed by atoms with Crippen molar-refractivity contribution < 1.29 is 17.9 Å². The average Bonchev–Trinajstić information content (AvgIpc) is 2.69. The number of hydrogen-bond donors (Lipinski definition) is 2. The van der Waals surface area contributed by atoms with E-state index >= 15 is 0 Å². The average molecular weight is 409 g/mol. The van der Waals surface area contributed by atoms with Gasteiger partial charge >= 0.3 is 0 Å². The maximum Gasteiger partial charge on any atom is 0.251 e. The summed E-state index contributed by atoms with van der Waals surface area (Å²) in [6.07, 6.45) is 0. The SMILES string of the molecule is COCCNS(=O)(=O)/C(C#N)=C(\C)c1ccc(NCCN2CCOCC2)cc1. The van der Waals surface area contributed by atoms with E-state index in [0.717, 1.165) is 45.1 Å². The van der Waals surface area contributed by atoms with E-state index in [4.69, 9.17) is 9.47 Å². The highest BCUT2D eigenvalue weighted by Gasteiger charge is 2.20. The third-order valence-corrected chi connectivity index (χ3v) is 6.01. The molecule has 1 saturated heterocycles. The lowest BCUT2D eigenvalue weighted by atomic mass is 10.1. The van der Waals surface area contributed by atoms with Crippen molar-refractivity contribution in [1.29, 1.82) is 5.26 Å². The molecule has 1 aliphatic heterocycles. The van der Waals surface area contributed by atoms with Crippen molar-refractivity contribution in [3.63, 3.8) is 0 Å². The van der Waals surface area contributed by atoms with E-state index in [1.165, 1.54) is 7.11 Å². The van der Waals surface area contributed by atoms with Crippen molar-refractivity contribution in [3.05, 3.63) is 34.7 Å². The van der Waals surface area contributed by atoms with Gasteiger partial charge in [-0.05, 0) is 30.2 Å². The molecule has 28 heavy (non-hydrogen) atoms. The van der Waals surface area contributed by atoms with Crippen LogP contribution in [0.25, 0.3) is 5.57 Å². The maximum atomic E-state index is 12.3. The number of hydrogen-bond acceptors (Lipinski definition) is 7. The lowest BCUT2D eigenvalue weighted by Gasteiger charge is -2.26. The first-order valence-electron chi connectivity index (χ1n) is 9.22. The maximum absolute atomic E-state index is 12.3. The number of ether oxygens (including phenoxy) is 2. The fraction of sp³-hybridized carbons (Fsp3) is 0.526. The van der Waals surface area contributed by atoms with Crippen LogP contribution in [-0.4, -0.2) is 73.0 Å². The number of nitrogens with one attached hydrogen (secondary N) is 2. The van der Waals surface area contributed by atoms with Crippen molar-refractivity contribution in [2.24, 2.45) is 0 Å². The zero-order valence-corrected chi connectivity index (χ0v) is 17.2. The molecule has 1 fully saturated rings. The van der Waals surface area contributed by atoms with Gasteiger partial charge < -0.3 is 14.8 Å². The summed E-state index contributed by atoms with van der Waals surface area (Å²) in [5.74, 6) is 0. The summed E-state index contributed by atoms with van der Waals surface area (Å²) in [5, 5.41) is 12.7. The van der Waals surface area contributed by atoms with E-state index in [-0.39, 0.29) is 18.1 Å². The Morgan fingerprint density at radius 2 is 1.93 bits per heavy atom. The highest BCUT2D eigenvalue weighted by Crippen LogP contribution is 2.22. The molecule has 0 spiro atoms. The number of allylic oxidation sites excluding steroid dienone is 2. The number of methoxy groups -OCH3 is 1. The van der Waals surface area contributed by atoms with Crippen LogP contribution in [0.1, 0.15) is 12.5 Å². The van der Waals surface area contributed by atoms with E-state index in [9.17, 15) is 13.7 Å². The Kier molecular flexibility index (Phi) is 8.89. The predicted molar refractivity (Wildman–Crippen MR) is 109 cm³/mol. The Hall–Kier alpha value is -1.96. The van der Waals surface area contributed by atoms with Crippen LogP contribution in [0.15, 0.2) is 29.2 Å². The highest BCUT2D eigenvalue weighted by atomic mass is 32.2. The van der Waals surface area contributed by atoms with Crippen LogP contribution in [0.2, 0.25) is 0 Å². The number of rotatable bonds is 10. The molecule has 1 aliphatic rings. The molecule has 2 rings (SSSR count). The fourth-order valence-electron chi connectivity index (χ4n) is 2.85. The van der Waals surface area contributed by atoms with Gasteiger partial charge in [-0.25, -0.2) is 13.1 Å². The second kappa shape index (κ2) is 11.1. The molecule has 0 unspecified atom stereocenters. The van der Waals surface area contributed by atoms with Gasteiger partial charge in [0.2, 0.25) is 0 Å². The highest BCUT2D eigenvalue weighted by molar-refractivity contribution is 7.93. The first kappa shape index (κ1) is 22.3. The Labute approximate surface area is 167 Å². The van der Waals surface area contributed by atoms with Gasteiger partial charge in [-0.15, -0.1) is 0 Å². The van der Waals surface area contributed by atoms with Crippen LogP contribution in [0.3, 0.4) is 0 Å². The minimum absolute atomic E-state index is 0.114. The lowest BCUT2D eigenvalue weighted by Crippen LogP contribution is -2.38. The molecule has 0 amide bonds. The lowest BCUT2D eigenvalue weighted by molar-refractivity contribution is 0.0398. The van der Waals surface area contributed by atoms with Crippen molar-refractivity contribution in [1.82, 2.24) is 9.62 Å². The molecule has 1 aromatic carbocycles. The van der Waals surface area contributed by atoms with E-state index < -0.39 is 10.0 Å². The second-order valence-corrected chi connectivity index (χ2v) is 8.12. The molecule has 0 radical (unpaired) electrons. The molecule has 0 aromatic heterocycles. The standard InChI is InChI=1S/C19H28N4O4S/c1-16(19(15-20)28(24,25)22-8-12-26-2)17-3-5-18(6-4-17)21-7-9-23-10-13-27-14-11-23/h3-6,21-22H,7-14H2,1-2H3/b19-16+. The molecule has 1 aromatic rings. The fourth-order valence-corrected chi connectivity index (χ4v) is 3.99. The largest absolute Gasteiger partial charge is 0.384 e. The summed E-state index contributed by atoms with van der Waals surface area (Å²) in [5.41, 5.74) is 2.05. The summed E-state index contributed by atoms with van der Waals surface area (Å²) in [6.45, 7) is 7.21. The van der Waals surface area contributed by atoms with Crippen LogP contribution in [-0.2, 0) is 19.5 Å². The Morgan fingerprint density at radius 1 is 1.25 bits per heavy atom. The zero-order valence-electron chi connectivity index (χ0n) is 16.4. The molecule has 0 bridgehead atoms. The summed E-state index contributed by atoms with van der Waals surface area (Å²) < 4.78 is 37.2. The molecule has 0 aliphatic carbocycles. The summed E-state index contributed by atoms with van der Waals surface area (Å²) in [4.78, 5) is 2.06. The third kappa shape index (κ3) is 6.58. The van der Waals surface area contributed by atoms with Crippen LogP contribution >= 0.6 is 0 Å². The second-order valence-electron chi connectivity index (χ2n) is 6.41. The summed E-state index contributed by atoms with van der Waals surface area (Å²) in [7, 11) is -2.39. The number of anilines is 1. The van der Waals surface area contributed by atoms with Crippen molar-refractivity contribution in [3.8, 4) is 6.07 Å². The predicted octanol–water partition coefficient (Wildman–Crippen LogP) is 1.25. The number of morpholine rings is 1. The van der Waals surface area contributed by atoms with E-state index in [2.05, 4.69) is 14.9 Å². The van der Waals surface area contributed by atoms with E-state index in [1.807, 2.05) is 30.3 Å². The van der Waals surface area contributed by atoms with Crippen molar-refractivity contribution in [2.75, 3.05) is 65.0 Å². The van der Waals surface area contributed by atoms with Gasteiger partial charge in [0.05, 0.1) is 19.8 Å². The molecule has 1 heterocycles. The Balaban J connectivity index is 1.99. The zero-order chi connectivity index (χ0) is 20.4. The van der Waals surface area contributed by atoms with Gasteiger partial charge in [0, 0.05) is 45.5 Å². The molecular formula is C19H28N4O4S. The van der Waals surface area contributed by atoms with Gasteiger partial charge in [-0.1, -0.05) is 12.1 Å². The van der Waals surface area contributed by atoms with Crippen LogP contribution in [0.4, 0.5) is 5.69 Å². The minimum atomic E-state index is -3.87. The minimum Gasteiger partial charge on any atom is -0.384 e. The molecule has 0 saturated carbocycles. The quantitative estimate of drug-likeness (QED) is 0.444. The van der Waals surface area contributed by atoms with Gasteiger partial charge in [-0.3, -0.25) is 4.90 Å². The molecule has 8 nitrogen and oxygen atoms in total. The normalized spacial score (nSPS) is 16.3. The molecule has 9 heteroatoms. The summed E-state index contributed by atoms with van der Waals surface area (Å²) in [6, 6.07) is 9.21. The van der Waals surface area contributed by atoms with Crippen molar-refractivity contribution >= 4 is 21.3 Å². The van der Waals surface area contributed by atoms with Gasteiger partial charge in [0.15, 0.2) is 4.91 Å². The molecule has 2 N–H and O–H groups in total. The first-order chi connectivity index (χ1) is 13.5. The third-order valence-electron chi connectivity index (χ3n) is 4.49. The van der Waals surface area contributed by atoms with Crippen LogP contribution in [0.5, 0.6) is 0 Å². The number of benzene rings is 1. The van der Waals surface area contributed by atoms with Gasteiger partial charge in [0.25, 0.3) is 10.0 Å². The number of sulfonamides is 1. The Morgan fingerprint density at radius 3 is 2.54 bits per heavy atom. The van der Waals surface area contributed by atoms with Crippen LogP contribution in [0, 0.1) is 11.3 Å². The van der Waals surface area contributed by atoms with E-state index in [1.54, 1.807) is 6.92 Å². The molecule has 154 valence electrons. The van der Waals surface area contributed by atoms with E-state index in [0.29, 0.717) is 11.1 Å². The topological polar surface area (TPSA) is 104 Å². The smallest absolute Gasteiger partial charge is 0.251 e. The number of nitriles is 1. The Bertz CT molecular complexity index is 794.